The van der Waals surface area contributed by atoms with Gasteiger partial charge in [-0.2, -0.15) is 5.10 Å². The Morgan fingerprint density at radius 3 is 2.59 bits per heavy atom. The second-order valence-corrected chi connectivity index (χ2v) is 8.28. The normalized spacial score (nSPS) is 16.9. The van der Waals surface area contributed by atoms with Gasteiger partial charge in [0.05, 0.1) is 17.5 Å². The van der Waals surface area contributed by atoms with Gasteiger partial charge in [-0.05, 0) is 42.3 Å². The van der Waals surface area contributed by atoms with Gasteiger partial charge in [-0.25, -0.2) is 17.8 Å². The van der Waals surface area contributed by atoms with Crippen molar-refractivity contribution in [3.8, 4) is 0 Å². The number of sulfonamides is 1. The summed E-state index contributed by atoms with van der Waals surface area (Å²) in [7, 11) is -3.38. The second kappa shape index (κ2) is 7.48. The van der Waals surface area contributed by atoms with Crippen LogP contribution >= 0.6 is 0 Å². The smallest absolute Gasteiger partial charge is 0.240 e. The molecule has 0 saturated carbocycles. The number of hydrazone groups is 1. The maximum absolute atomic E-state index is 13.2. The Balaban J connectivity index is 1.90. The second-order valence-electron chi connectivity index (χ2n) is 6.27. The largest absolute Gasteiger partial charge is 0.284 e. The molecule has 0 bridgehead atoms. The van der Waals surface area contributed by atoms with Crippen LogP contribution in [-0.2, 0) is 14.8 Å². The van der Waals surface area contributed by atoms with Gasteiger partial charge in [0.1, 0.15) is 5.82 Å². The number of anilines is 1. The van der Waals surface area contributed by atoms with E-state index in [2.05, 4.69) is 9.82 Å². The molecular weight excluding hydrogens is 369 g/mol. The van der Waals surface area contributed by atoms with Gasteiger partial charge in [0, 0.05) is 19.0 Å². The molecule has 6 nitrogen and oxygen atoms in total. The lowest BCUT2D eigenvalue weighted by atomic mass is 9.98. The van der Waals surface area contributed by atoms with Crippen molar-refractivity contribution in [3.63, 3.8) is 0 Å². The third-order valence-corrected chi connectivity index (χ3v) is 5.64. The van der Waals surface area contributed by atoms with Crippen molar-refractivity contribution >= 4 is 27.3 Å². The van der Waals surface area contributed by atoms with E-state index in [0.717, 1.165) is 11.1 Å². The molecule has 8 heteroatoms. The number of benzene rings is 2. The lowest BCUT2D eigenvalue weighted by Crippen LogP contribution is -2.24. The summed E-state index contributed by atoms with van der Waals surface area (Å²) in [6, 6.07) is 12.6. The van der Waals surface area contributed by atoms with E-state index >= 15 is 0 Å². The lowest BCUT2D eigenvalue weighted by Gasteiger charge is -2.20. The van der Waals surface area contributed by atoms with Gasteiger partial charge in [0.2, 0.25) is 15.9 Å². The Bertz CT molecular complexity index is 988. The highest BCUT2D eigenvalue weighted by Gasteiger charge is 2.31. The zero-order chi connectivity index (χ0) is 19.6. The van der Waals surface area contributed by atoms with Crippen LogP contribution in [0, 0.1) is 5.82 Å². The van der Waals surface area contributed by atoms with Crippen LogP contribution in [0.25, 0.3) is 0 Å². The quantitative estimate of drug-likeness (QED) is 0.852. The monoisotopic (exact) mass is 389 g/mol. The molecule has 1 atom stereocenters. The summed E-state index contributed by atoms with van der Waals surface area (Å²) in [5, 5.41) is 5.81. The van der Waals surface area contributed by atoms with Crippen molar-refractivity contribution in [2.24, 2.45) is 5.10 Å². The van der Waals surface area contributed by atoms with Crippen LogP contribution in [0.4, 0.5) is 10.1 Å². The Labute approximate surface area is 157 Å². The average Bonchev–Trinajstić information content (AvgIpc) is 3.08. The van der Waals surface area contributed by atoms with E-state index in [1.165, 1.54) is 24.1 Å². The van der Waals surface area contributed by atoms with Gasteiger partial charge in [0.15, 0.2) is 0 Å². The molecule has 2 aromatic carbocycles. The summed E-state index contributed by atoms with van der Waals surface area (Å²) in [5.41, 5.74) is 2.61. The molecule has 1 N–H and O–H groups in total. The van der Waals surface area contributed by atoms with E-state index in [-0.39, 0.29) is 23.5 Å². The number of carbonyl (C=O) groups excluding carboxylic acids is 1. The van der Waals surface area contributed by atoms with Crippen molar-refractivity contribution in [2.45, 2.75) is 26.3 Å². The number of hydrogen-bond donors (Lipinski definition) is 1. The van der Waals surface area contributed by atoms with Crippen LogP contribution in [0.15, 0.2) is 53.6 Å². The van der Waals surface area contributed by atoms with Crippen LogP contribution in [-0.4, -0.2) is 30.8 Å². The first-order valence-electron chi connectivity index (χ1n) is 8.52. The first-order chi connectivity index (χ1) is 12.8. The Morgan fingerprint density at radius 1 is 1.26 bits per heavy atom. The number of carbonyl (C=O) groups is 1. The van der Waals surface area contributed by atoms with Crippen LogP contribution in [0.2, 0.25) is 0 Å². The molecular formula is C19H20FN3O3S. The predicted molar refractivity (Wildman–Crippen MR) is 102 cm³/mol. The van der Waals surface area contributed by atoms with E-state index in [4.69, 9.17) is 0 Å². The third-order valence-electron chi connectivity index (χ3n) is 4.34. The van der Waals surface area contributed by atoms with Crippen LogP contribution < -0.4 is 4.72 Å². The summed E-state index contributed by atoms with van der Waals surface area (Å²) in [6.07, 6.45) is 0.454. The highest BCUT2D eigenvalue weighted by molar-refractivity contribution is 7.92. The molecule has 0 spiro atoms. The number of hydrogen-bond acceptors (Lipinski definition) is 4. The molecule has 0 aromatic heterocycles. The van der Waals surface area contributed by atoms with Crippen molar-refractivity contribution in [2.75, 3.05) is 10.5 Å². The van der Waals surface area contributed by atoms with Crippen LogP contribution in [0.5, 0.6) is 0 Å². The summed E-state index contributed by atoms with van der Waals surface area (Å²) < 4.78 is 39.3. The molecule has 1 aliphatic rings. The van der Waals surface area contributed by atoms with Gasteiger partial charge >= 0.3 is 0 Å². The number of amides is 1. The maximum Gasteiger partial charge on any atom is 0.240 e. The summed E-state index contributed by atoms with van der Waals surface area (Å²) in [6.45, 7) is 2.99. The molecule has 142 valence electrons. The zero-order valence-corrected chi connectivity index (χ0v) is 15.8. The van der Waals surface area contributed by atoms with Crippen molar-refractivity contribution in [1.29, 1.82) is 0 Å². The van der Waals surface area contributed by atoms with E-state index in [1.54, 1.807) is 37.3 Å². The molecule has 1 amide bonds. The Kier molecular flexibility index (Phi) is 5.27. The SMILES string of the molecule is CCS(=O)(=O)Nc1cccc(C2=NN(C(C)=O)[C@@H](c3ccc(F)cc3)C2)c1. The van der Waals surface area contributed by atoms with E-state index < -0.39 is 10.0 Å². The van der Waals surface area contributed by atoms with Crippen molar-refractivity contribution in [1.82, 2.24) is 5.01 Å². The van der Waals surface area contributed by atoms with E-state index in [0.29, 0.717) is 17.8 Å². The standard InChI is InChI=1S/C19H20FN3O3S/c1-3-27(25,26)22-17-6-4-5-15(11-17)18-12-19(23(21-18)13(2)24)14-7-9-16(20)10-8-14/h4-11,19,22H,3,12H2,1-2H3/t19-/m1/s1. The molecule has 1 aliphatic heterocycles. The number of nitrogens with one attached hydrogen (secondary N) is 1. The minimum Gasteiger partial charge on any atom is -0.284 e. The van der Waals surface area contributed by atoms with Crippen LogP contribution in [0.3, 0.4) is 0 Å². The molecule has 2 aromatic rings. The summed E-state index contributed by atoms with van der Waals surface area (Å²) in [4.78, 5) is 12.0. The zero-order valence-electron chi connectivity index (χ0n) is 15.0. The van der Waals surface area contributed by atoms with Crippen molar-refractivity contribution < 1.29 is 17.6 Å². The first-order valence-corrected chi connectivity index (χ1v) is 10.2. The predicted octanol–water partition coefficient (Wildman–Crippen LogP) is 3.28. The minimum absolute atomic E-state index is 0.0249. The Hall–Kier alpha value is -2.74. The van der Waals surface area contributed by atoms with Gasteiger partial charge in [-0.1, -0.05) is 24.3 Å². The topological polar surface area (TPSA) is 78.8 Å². The minimum atomic E-state index is -3.38. The molecule has 1 heterocycles. The molecule has 0 radical (unpaired) electrons. The highest BCUT2D eigenvalue weighted by atomic mass is 32.2. The first kappa shape index (κ1) is 19.0. The average molecular weight is 389 g/mol. The van der Waals surface area contributed by atoms with Crippen molar-refractivity contribution in [3.05, 3.63) is 65.5 Å². The summed E-state index contributed by atoms with van der Waals surface area (Å²) >= 11 is 0. The lowest BCUT2D eigenvalue weighted by molar-refractivity contribution is -0.130. The molecule has 0 saturated heterocycles. The van der Waals surface area contributed by atoms with E-state index in [1.807, 2.05) is 6.07 Å². The number of rotatable bonds is 5. The fraction of sp³-hybridized carbons (Fsp3) is 0.263. The number of nitrogens with zero attached hydrogens (tertiary/aromatic N) is 2. The molecule has 3 rings (SSSR count). The maximum atomic E-state index is 13.2. The van der Waals surface area contributed by atoms with Gasteiger partial charge in [-0.3, -0.25) is 9.52 Å². The Morgan fingerprint density at radius 2 is 1.96 bits per heavy atom. The number of halogens is 1. The van der Waals surface area contributed by atoms with Gasteiger partial charge in [0.25, 0.3) is 0 Å². The third kappa shape index (κ3) is 4.33. The van der Waals surface area contributed by atoms with Gasteiger partial charge < -0.3 is 0 Å². The highest BCUT2D eigenvalue weighted by Crippen LogP contribution is 2.33. The molecule has 0 unspecified atom stereocenters. The fourth-order valence-corrected chi connectivity index (χ4v) is 3.56. The van der Waals surface area contributed by atoms with Gasteiger partial charge in [-0.15, -0.1) is 0 Å². The molecule has 0 fully saturated rings. The summed E-state index contributed by atoms with van der Waals surface area (Å²) in [5.74, 6) is -0.589. The fourth-order valence-electron chi connectivity index (χ4n) is 2.93. The van der Waals surface area contributed by atoms with E-state index in [9.17, 15) is 17.6 Å². The van der Waals surface area contributed by atoms with Crippen LogP contribution in [0.1, 0.15) is 37.4 Å². The molecule has 0 aliphatic carbocycles. The molecule has 27 heavy (non-hydrogen) atoms.